The van der Waals surface area contributed by atoms with Gasteiger partial charge >= 0.3 is 0 Å². The van der Waals surface area contributed by atoms with Gasteiger partial charge in [-0.15, -0.1) is 0 Å². The Bertz CT molecular complexity index is 1500. The van der Waals surface area contributed by atoms with E-state index < -0.39 is 0 Å². The zero-order valence-corrected chi connectivity index (χ0v) is 18.6. The van der Waals surface area contributed by atoms with Gasteiger partial charge in [-0.1, -0.05) is 49.7 Å². The quantitative estimate of drug-likeness (QED) is 0.299. The molecule has 5 aromatic rings. The molecule has 2 heterocycles. The highest BCUT2D eigenvalue weighted by Crippen LogP contribution is 2.41. The summed E-state index contributed by atoms with van der Waals surface area (Å²) >= 11 is 0. The third-order valence-electron chi connectivity index (χ3n) is 6.23. The van der Waals surface area contributed by atoms with Crippen molar-refractivity contribution >= 4 is 21.9 Å². The molecule has 156 valence electrons. The Hall–Kier alpha value is -3.90. The molecular formula is C29H25N2O+. The van der Waals surface area contributed by atoms with Crippen LogP contribution >= 0.6 is 0 Å². The van der Waals surface area contributed by atoms with Gasteiger partial charge in [-0.3, -0.25) is 0 Å². The molecule has 0 radical (unpaired) electrons. The average Bonchev–Trinajstić information content (AvgIpc) is 3.18. The maximum Gasteiger partial charge on any atom is 0.216 e. The Labute approximate surface area is 188 Å². The first-order chi connectivity index (χ1) is 15.6. The molecular weight excluding hydrogens is 392 g/mol. The molecule has 3 nitrogen and oxygen atoms in total. The molecule has 0 saturated carbocycles. The summed E-state index contributed by atoms with van der Waals surface area (Å²) in [5.41, 5.74) is 8.78. The van der Waals surface area contributed by atoms with Crippen molar-refractivity contribution in [2.24, 2.45) is 7.05 Å². The molecule has 0 bridgehead atoms. The number of hydrogen-bond donors (Lipinski definition) is 0. The number of furan rings is 1. The van der Waals surface area contributed by atoms with Gasteiger partial charge in [0.25, 0.3) is 0 Å². The summed E-state index contributed by atoms with van der Waals surface area (Å²) in [5.74, 6) is 0. The fourth-order valence-corrected chi connectivity index (χ4v) is 4.61. The Morgan fingerprint density at radius 1 is 0.875 bits per heavy atom. The molecule has 0 atom stereocenters. The summed E-state index contributed by atoms with van der Waals surface area (Å²) in [6.07, 6.45) is 4.21. The molecule has 0 fully saturated rings. The van der Waals surface area contributed by atoms with Crippen LogP contribution in [0.2, 0.25) is 0 Å². The van der Waals surface area contributed by atoms with Crippen molar-refractivity contribution in [3.63, 3.8) is 0 Å². The number of aromatic nitrogens is 1. The van der Waals surface area contributed by atoms with Crippen molar-refractivity contribution in [1.29, 1.82) is 5.26 Å². The first-order valence-corrected chi connectivity index (χ1v) is 11.1. The highest BCUT2D eigenvalue weighted by atomic mass is 16.3. The second-order valence-electron chi connectivity index (χ2n) is 8.36. The van der Waals surface area contributed by atoms with Crippen LogP contribution in [0.5, 0.6) is 0 Å². The summed E-state index contributed by atoms with van der Waals surface area (Å²) < 4.78 is 8.73. The van der Waals surface area contributed by atoms with Gasteiger partial charge < -0.3 is 4.42 Å². The van der Waals surface area contributed by atoms with Gasteiger partial charge in [0.15, 0.2) is 6.20 Å². The molecule has 0 amide bonds. The minimum absolute atomic E-state index is 0.628. The number of hydrogen-bond acceptors (Lipinski definition) is 2. The van der Waals surface area contributed by atoms with E-state index in [9.17, 15) is 5.26 Å². The summed E-state index contributed by atoms with van der Waals surface area (Å²) in [4.78, 5) is 0. The van der Waals surface area contributed by atoms with Crippen molar-refractivity contribution in [3.05, 3.63) is 89.6 Å². The third kappa shape index (κ3) is 3.16. The van der Waals surface area contributed by atoms with E-state index >= 15 is 0 Å². The SMILES string of the molecule is CCCc1ccc(-c2c(C#N)ccc3c2oc2c(-c4cccc[n+]4C)c(C)ccc23)cc1. The van der Waals surface area contributed by atoms with Gasteiger partial charge in [0, 0.05) is 28.5 Å². The largest absolute Gasteiger partial charge is 0.454 e. The van der Waals surface area contributed by atoms with Crippen LogP contribution in [0, 0.1) is 18.3 Å². The van der Waals surface area contributed by atoms with E-state index in [1.807, 2.05) is 37.5 Å². The number of fused-ring (bicyclic) bond motifs is 3. The number of nitrogens with zero attached hydrogens (tertiary/aromatic N) is 2. The van der Waals surface area contributed by atoms with Crippen molar-refractivity contribution in [1.82, 2.24) is 0 Å². The van der Waals surface area contributed by atoms with E-state index in [-0.39, 0.29) is 0 Å². The maximum absolute atomic E-state index is 9.87. The van der Waals surface area contributed by atoms with Crippen LogP contribution in [-0.2, 0) is 13.5 Å². The van der Waals surface area contributed by atoms with Crippen LogP contribution in [0.3, 0.4) is 0 Å². The van der Waals surface area contributed by atoms with Crippen molar-refractivity contribution < 1.29 is 8.98 Å². The fourth-order valence-electron chi connectivity index (χ4n) is 4.61. The Balaban J connectivity index is 1.83. The summed E-state index contributed by atoms with van der Waals surface area (Å²) in [6, 6.07) is 25.3. The molecule has 0 aliphatic carbocycles. The predicted molar refractivity (Wildman–Crippen MR) is 129 cm³/mol. The lowest BCUT2D eigenvalue weighted by Crippen LogP contribution is -2.30. The first-order valence-electron chi connectivity index (χ1n) is 11.1. The molecule has 3 aromatic carbocycles. The minimum Gasteiger partial charge on any atom is -0.454 e. The summed E-state index contributed by atoms with van der Waals surface area (Å²) in [5, 5.41) is 12.0. The van der Waals surface area contributed by atoms with Crippen LogP contribution < -0.4 is 4.57 Å². The molecule has 2 aromatic heterocycles. The molecule has 32 heavy (non-hydrogen) atoms. The second-order valence-corrected chi connectivity index (χ2v) is 8.36. The van der Waals surface area contributed by atoms with E-state index in [2.05, 4.69) is 66.9 Å². The lowest BCUT2D eigenvalue weighted by molar-refractivity contribution is -0.660. The predicted octanol–water partition coefficient (Wildman–Crippen LogP) is 6.88. The van der Waals surface area contributed by atoms with E-state index in [4.69, 9.17) is 4.42 Å². The molecule has 0 unspecified atom stereocenters. The molecule has 5 rings (SSSR count). The van der Waals surface area contributed by atoms with Gasteiger partial charge in [0.1, 0.15) is 18.2 Å². The number of rotatable bonds is 4. The maximum atomic E-state index is 9.87. The second kappa shape index (κ2) is 7.98. The standard InChI is InChI=1S/C29H25N2O/c1-4-7-20-10-12-21(13-11-20)27-22(18-30)14-16-24-23-15-9-19(2)26(28(23)32-29(24)27)25-8-5-6-17-31(25)3/h5-6,8-17H,4,7H2,1-3H3/q+1. The number of aryl methyl sites for hydroxylation is 3. The van der Waals surface area contributed by atoms with Crippen LogP contribution in [0.1, 0.15) is 30.0 Å². The van der Waals surface area contributed by atoms with E-state index in [1.165, 1.54) is 5.56 Å². The highest BCUT2D eigenvalue weighted by Gasteiger charge is 2.22. The first kappa shape index (κ1) is 20.0. The van der Waals surface area contributed by atoms with Gasteiger partial charge in [0.05, 0.1) is 17.2 Å². The molecule has 0 aliphatic rings. The topological polar surface area (TPSA) is 40.8 Å². The lowest BCUT2D eigenvalue weighted by atomic mass is 9.95. The number of nitriles is 1. The molecule has 0 saturated heterocycles. The van der Waals surface area contributed by atoms with Crippen molar-refractivity contribution in [3.8, 4) is 28.5 Å². The van der Waals surface area contributed by atoms with Crippen LogP contribution in [0.25, 0.3) is 44.3 Å². The van der Waals surface area contributed by atoms with E-state index in [0.29, 0.717) is 5.56 Å². The van der Waals surface area contributed by atoms with Crippen LogP contribution in [0.15, 0.2) is 77.3 Å². The van der Waals surface area contributed by atoms with Crippen LogP contribution in [-0.4, -0.2) is 0 Å². The van der Waals surface area contributed by atoms with E-state index in [0.717, 1.165) is 62.7 Å². The summed E-state index contributed by atoms with van der Waals surface area (Å²) in [6.45, 7) is 4.30. The van der Waals surface area contributed by atoms with Gasteiger partial charge in [-0.05, 0) is 48.2 Å². The van der Waals surface area contributed by atoms with Crippen LogP contribution in [0.4, 0.5) is 0 Å². The Morgan fingerprint density at radius 3 is 2.28 bits per heavy atom. The smallest absolute Gasteiger partial charge is 0.216 e. The third-order valence-corrected chi connectivity index (χ3v) is 6.23. The van der Waals surface area contributed by atoms with Gasteiger partial charge in [-0.25, -0.2) is 4.57 Å². The van der Waals surface area contributed by atoms with E-state index in [1.54, 1.807) is 0 Å². The monoisotopic (exact) mass is 417 g/mol. The van der Waals surface area contributed by atoms with Crippen molar-refractivity contribution in [2.75, 3.05) is 0 Å². The molecule has 0 N–H and O–H groups in total. The summed E-state index contributed by atoms with van der Waals surface area (Å²) in [7, 11) is 2.05. The molecule has 3 heteroatoms. The van der Waals surface area contributed by atoms with Gasteiger partial charge in [0.2, 0.25) is 5.69 Å². The number of benzene rings is 3. The van der Waals surface area contributed by atoms with Crippen molar-refractivity contribution in [2.45, 2.75) is 26.7 Å². The zero-order chi connectivity index (χ0) is 22.2. The lowest BCUT2D eigenvalue weighted by Gasteiger charge is -2.07. The normalized spacial score (nSPS) is 11.2. The molecule has 0 aliphatic heterocycles. The fraction of sp³-hybridized carbons (Fsp3) is 0.172. The Morgan fingerprint density at radius 2 is 1.59 bits per heavy atom. The Kier molecular flexibility index (Phi) is 4.99. The number of pyridine rings is 1. The average molecular weight is 418 g/mol. The van der Waals surface area contributed by atoms with Gasteiger partial charge in [-0.2, -0.15) is 5.26 Å². The molecule has 0 spiro atoms. The highest BCUT2D eigenvalue weighted by molar-refractivity contribution is 6.13. The minimum atomic E-state index is 0.628. The zero-order valence-electron chi connectivity index (χ0n) is 18.6.